The van der Waals surface area contributed by atoms with Crippen LogP contribution in [-0.2, 0) is 4.74 Å². The minimum Gasteiger partial charge on any atom is -0.459 e. The van der Waals surface area contributed by atoms with Gasteiger partial charge in [0, 0.05) is 11.4 Å². The van der Waals surface area contributed by atoms with Gasteiger partial charge in [0.05, 0.1) is 13.4 Å². The highest BCUT2D eigenvalue weighted by Gasteiger charge is 2.22. The average molecular weight is 244 g/mol. The monoisotopic (exact) mass is 244 g/mol. The Morgan fingerprint density at radius 2 is 1.67 bits per heavy atom. The zero-order valence-electron chi connectivity index (χ0n) is 10.3. The van der Waals surface area contributed by atoms with Crippen molar-refractivity contribution in [2.24, 2.45) is 0 Å². The lowest BCUT2D eigenvalue weighted by Crippen LogP contribution is -2.23. The Morgan fingerprint density at radius 3 is 2.22 bits per heavy atom. The van der Waals surface area contributed by atoms with Crippen molar-refractivity contribution in [1.82, 2.24) is 0 Å². The molecule has 0 bridgehead atoms. The molecule has 1 aliphatic rings. The Hall–Kier alpha value is -1.65. The minimum absolute atomic E-state index is 0.0417. The van der Waals surface area contributed by atoms with E-state index in [1.165, 1.54) is 0 Å². The topological polar surface area (TPSA) is 78.3 Å². The van der Waals surface area contributed by atoms with Gasteiger partial charge in [-0.3, -0.25) is 0 Å². The fraction of sp³-hybridized carbons (Fsp3) is 0.462. The van der Waals surface area contributed by atoms with Gasteiger partial charge in [0.15, 0.2) is 0 Å². The fourth-order valence-electron chi connectivity index (χ4n) is 2.22. The predicted molar refractivity (Wildman–Crippen MR) is 72.4 cm³/mol. The molecule has 4 nitrogen and oxygen atoms in total. The van der Waals surface area contributed by atoms with Crippen LogP contribution in [0.3, 0.4) is 0 Å². The number of hydrogen-bond donors (Lipinski definition) is 2. The summed E-state index contributed by atoms with van der Waals surface area (Å²) in [6.45, 7) is 0. The molecule has 94 valence electrons. The molecule has 0 aromatic heterocycles. The largest absolute Gasteiger partial charge is 0.459 e. The zero-order valence-corrected chi connectivity index (χ0v) is 10.3. The van der Waals surface area contributed by atoms with E-state index in [0.29, 0.717) is 16.9 Å². The molecule has 5 heteroatoms. The third-order valence-corrected chi connectivity index (χ3v) is 3.21. The number of carbonyl (C=O) groups is 1. The summed E-state index contributed by atoms with van der Waals surface area (Å²) in [5.74, 6) is -0.127. The van der Waals surface area contributed by atoms with E-state index >= 15 is 0 Å². The van der Waals surface area contributed by atoms with E-state index < -0.39 is 0 Å². The van der Waals surface area contributed by atoms with Crippen LogP contribution < -0.4 is 11.5 Å². The highest BCUT2D eigenvalue weighted by atomic mass is 16.5. The number of ether oxygens (including phenoxy) is 1. The van der Waals surface area contributed by atoms with Crippen LogP contribution >= 0.6 is 0 Å². The van der Waals surface area contributed by atoms with E-state index in [2.05, 4.69) is 0 Å². The molecule has 1 aliphatic carbocycles. The molecule has 18 heavy (non-hydrogen) atoms. The second-order valence-corrected chi connectivity index (χ2v) is 4.83. The molecule has 2 radical (unpaired) electrons. The van der Waals surface area contributed by atoms with Crippen LogP contribution in [0.5, 0.6) is 0 Å². The van der Waals surface area contributed by atoms with Gasteiger partial charge in [-0.05, 0) is 31.0 Å². The van der Waals surface area contributed by atoms with Crippen LogP contribution in [0.1, 0.15) is 36.0 Å². The quantitative estimate of drug-likeness (QED) is 0.473. The second-order valence-electron chi connectivity index (χ2n) is 4.83. The zero-order chi connectivity index (χ0) is 13.1. The van der Waals surface area contributed by atoms with Crippen molar-refractivity contribution in [3.63, 3.8) is 0 Å². The molecule has 2 rings (SSSR count). The summed E-state index contributed by atoms with van der Waals surface area (Å²) < 4.78 is 5.43. The van der Waals surface area contributed by atoms with Crippen molar-refractivity contribution >= 4 is 25.2 Å². The molecule has 4 N–H and O–H groups in total. The van der Waals surface area contributed by atoms with Gasteiger partial charge < -0.3 is 16.2 Å². The summed E-state index contributed by atoms with van der Waals surface area (Å²) in [5, 5.41) is 0. The number of benzene rings is 1. The van der Waals surface area contributed by atoms with Gasteiger partial charge in [-0.15, -0.1) is 0 Å². The average Bonchev–Trinajstić information content (AvgIpc) is 2.31. The molecular formula is C13H17BN2O2. The number of nitrogen functional groups attached to an aromatic ring is 2. The fourth-order valence-corrected chi connectivity index (χ4v) is 2.22. The summed E-state index contributed by atoms with van der Waals surface area (Å²) >= 11 is 0. The van der Waals surface area contributed by atoms with Gasteiger partial charge in [-0.25, -0.2) is 4.79 Å². The summed E-state index contributed by atoms with van der Waals surface area (Å²) in [7, 11) is 5.81. The molecule has 0 unspecified atom stereocenters. The Bertz CT molecular complexity index is 422. The molecule has 0 saturated heterocycles. The number of esters is 1. The maximum atomic E-state index is 11.9. The lowest BCUT2D eigenvalue weighted by Gasteiger charge is -2.26. The van der Waals surface area contributed by atoms with E-state index in [-0.39, 0.29) is 17.9 Å². The van der Waals surface area contributed by atoms with E-state index in [9.17, 15) is 4.79 Å². The van der Waals surface area contributed by atoms with Crippen LogP contribution in [0.15, 0.2) is 18.2 Å². The number of carbonyl (C=O) groups excluding carboxylic acids is 1. The van der Waals surface area contributed by atoms with Crippen molar-refractivity contribution in [3.8, 4) is 0 Å². The molecular weight excluding hydrogens is 227 g/mol. The first-order chi connectivity index (χ1) is 8.54. The lowest BCUT2D eigenvalue weighted by atomic mass is 9.75. The predicted octanol–water partition coefficient (Wildman–Crippen LogP) is 1.91. The summed E-state index contributed by atoms with van der Waals surface area (Å²) in [6.07, 6.45) is 3.41. The smallest absolute Gasteiger partial charge is 0.338 e. The Morgan fingerprint density at radius 1 is 1.11 bits per heavy atom. The highest BCUT2D eigenvalue weighted by molar-refractivity contribution is 6.11. The van der Waals surface area contributed by atoms with Gasteiger partial charge in [-0.2, -0.15) is 0 Å². The molecule has 0 spiro atoms. The molecule has 1 saturated carbocycles. The van der Waals surface area contributed by atoms with Crippen LogP contribution in [0, 0.1) is 0 Å². The molecule has 1 aromatic rings. The van der Waals surface area contributed by atoms with Gasteiger partial charge in [-0.1, -0.05) is 18.7 Å². The maximum absolute atomic E-state index is 11.9. The minimum atomic E-state index is -0.366. The summed E-state index contributed by atoms with van der Waals surface area (Å²) in [6, 6.07) is 4.76. The van der Waals surface area contributed by atoms with Gasteiger partial charge in [0.25, 0.3) is 0 Å². The van der Waals surface area contributed by atoms with Gasteiger partial charge in [0.1, 0.15) is 6.10 Å². The second kappa shape index (κ2) is 5.33. The summed E-state index contributed by atoms with van der Waals surface area (Å²) in [5.41, 5.74) is 12.6. The number of rotatable bonds is 2. The SMILES string of the molecule is [B]C1CCC(OC(=O)c2cc(N)cc(N)c2)CC1. The van der Waals surface area contributed by atoms with Crippen molar-refractivity contribution in [2.45, 2.75) is 37.6 Å². The standard InChI is InChI=1S/C13H17BN2O2/c14-9-1-3-12(4-2-9)18-13(17)8-5-10(15)7-11(16)6-8/h5-7,9,12H,1-4,15-16H2. The van der Waals surface area contributed by atoms with Gasteiger partial charge >= 0.3 is 5.97 Å². The highest BCUT2D eigenvalue weighted by Crippen LogP contribution is 2.28. The van der Waals surface area contributed by atoms with Crippen molar-refractivity contribution < 1.29 is 9.53 Å². The van der Waals surface area contributed by atoms with Crippen LogP contribution in [0.4, 0.5) is 11.4 Å². The van der Waals surface area contributed by atoms with E-state index in [0.717, 1.165) is 25.7 Å². The maximum Gasteiger partial charge on any atom is 0.338 e. The molecule has 0 heterocycles. The van der Waals surface area contributed by atoms with E-state index in [4.69, 9.17) is 24.1 Å². The summed E-state index contributed by atoms with van der Waals surface area (Å²) in [4.78, 5) is 11.9. The molecule has 0 atom stereocenters. The van der Waals surface area contributed by atoms with Crippen molar-refractivity contribution in [3.05, 3.63) is 23.8 Å². The van der Waals surface area contributed by atoms with Crippen LogP contribution in [0.25, 0.3) is 0 Å². The first kappa shape index (κ1) is 12.8. The Labute approximate surface area is 108 Å². The molecule has 1 aromatic carbocycles. The van der Waals surface area contributed by atoms with E-state index in [1.807, 2.05) is 0 Å². The molecule has 0 aliphatic heterocycles. The number of anilines is 2. The number of nitrogens with two attached hydrogens (primary N) is 2. The Kier molecular flexibility index (Phi) is 3.79. The molecule has 1 fully saturated rings. The van der Waals surface area contributed by atoms with E-state index in [1.54, 1.807) is 18.2 Å². The lowest BCUT2D eigenvalue weighted by molar-refractivity contribution is 0.0212. The van der Waals surface area contributed by atoms with Crippen molar-refractivity contribution in [2.75, 3.05) is 11.5 Å². The van der Waals surface area contributed by atoms with Crippen LogP contribution in [-0.4, -0.2) is 19.9 Å². The van der Waals surface area contributed by atoms with Gasteiger partial charge in [0.2, 0.25) is 0 Å². The van der Waals surface area contributed by atoms with Crippen molar-refractivity contribution in [1.29, 1.82) is 0 Å². The number of hydrogen-bond acceptors (Lipinski definition) is 4. The Balaban J connectivity index is 1.99. The first-order valence-electron chi connectivity index (χ1n) is 6.17. The third-order valence-electron chi connectivity index (χ3n) is 3.21. The molecule has 0 amide bonds. The first-order valence-corrected chi connectivity index (χ1v) is 6.17. The normalized spacial score (nSPS) is 23.6. The third kappa shape index (κ3) is 3.18. The van der Waals surface area contributed by atoms with Crippen LogP contribution in [0.2, 0.25) is 5.82 Å².